The molecule has 17 heteroatoms. The van der Waals surface area contributed by atoms with Crippen LogP contribution in [0.5, 0.6) is 23.0 Å². The van der Waals surface area contributed by atoms with Gasteiger partial charge in [0.2, 0.25) is 0 Å². The van der Waals surface area contributed by atoms with Crippen LogP contribution in [-0.2, 0) is 38.9 Å². The summed E-state index contributed by atoms with van der Waals surface area (Å²) in [6.07, 6.45) is 0.703. The second-order valence-corrected chi connectivity index (χ2v) is 13.5. The van der Waals surface area contributed by atoms with Gasteiger partial charge in [-0.1, -0.05) is 29.4 Å². The average Bonchev–Trinajstić information content (AvgIpc) is 3.87. The molecule has 3 amide bonds. The van der Waals surface area contributed by atoms with Crippen LogP contribution in [-0.4, -0.2) is 88.1 Å². The molecule has 6 rings (SSSR count). The summed E-state index contributed by atoms with van der Waals surface area (Å²) in [5.41, 5.74) is 1.10. The number of carbonyl (C=O) groups is 4. The first kappa shape index (κ1) is 38.1. The highest BCUT2D eigenvalue weighted by Crippen LogP contribution is 2.33. The summed E-state index contributed by atoms with van der Waals surface area (Å²) < 4.78 is 33.4. The van der Waals surface area contributed by atoms with Gasteiger partial charge in [-0.3, -0.25) is 14.6 Å². The second kappa shape index (κ2) is 16.2. The highest BCUT2D eigenvalue weighted by molar-refractivity contribution is 6.06. The predicted octanol–water partition coefficient (Wildman–Crippen LogP) is 3.83. The SMILES string of the molecule is COc1ccc(COc2cnc(-c3cc(CNC(=O)C4=C(C(=O)O)N5C(=O)C(NC(=O)OC(C)(C)C)CN5C4)on3)cc2OCc2ccc(OC)cc2)cc1. The lowest BCUT2D eigenvalue weighted by Crippen LogP contribution is -2.45. The number of carboxylic acids is 1. The molecule has 2 aliphatic heterocycles. The molecule has 55 heavy (non-hydrogen) atoms. The summed E-state index contributed by atoms with van der Waals surface area (Å²) >= 11 is 0. The lowest BCUT2D eigenvalue weighted by molar-refractivity contribution is -0.143. The van der Waals surface area contributed by atoms with Gasteiger partial charge in [0.1, 0.15) is 42.0 Å². The summed E-state index contributed by atoms with van der Waals surface area (Å²) in [6.45, 7) is 5.10. The quantitative estimate of drug-likeness (QED) is 0.167. The molecule has 0 spiro atoms. The monoisotopic (exact) mass is 756 g/mol. The Hall–Kier alpha value is -6.62. The highest BCUT2D eigenvalue weighted by Gasteiger charge is 2.49. The van der Waals surface area contributed by atoms with Gasteiger partial charge < -0.3 is 43.9 Å². The Morgan fingerprint density at radius 2 is 1.53 bits per heavy atom. The van der Waals surface area contributed by atoms with Crippen LogP contribution in [0.2, 0.25) is 0 Å². The molecule has 4 heterocycles. The first-order chi connectivity index (χ1) is 26.3. The molecule has 1 atom stereocenters. The number of amides is 3. The van der Waals surface area contributed by atoms with Crippen molar-refractivity contribution in [2.75, 3.05) is 27.3 Å². The first-order valence-corrected chi connectivity index (χ1v) is 17.1. The molecular weight excluding hydrogens is 716 g/mol. The Morgan fingerprint density at radius 3 is 2.11 bits per heavy atom. The van der Waals surface area contributed by atoms with Gasteiger partial charge in [-0.15, -0.1) is 0 Å². The molecule has 0 bridgehead atoms. The average molecular weight is 757 g/mol. The Bertz CT molecular complexity index is 2090. The maximum atomic E-state index is 13.3. The third-order valence-corrected chi connectivity index (χ3v) is 8.37. The molecular formula is C38H40N6O11. The number of hydrogen-bond donors (Lipinski definition) is 3. The van der Waals surface area contributed by atoms with E-state index in [0.29, 0.717) is 22.9 Å². The van der Waals surface area contributed by atoms with Crippen LogP contribution in [0, 0.1) is 0 Å². The Kier molecular flexibility index (Phi) is 11.2. The predicted molar refractivity (Wildman–Crippen MR) is 192 cm³/mol. The molecule has 2 aliphatic rings. The molecule has 1 saturated heterocycles. The van der Waals surface area contributed by atoms with E-state index in [1.165, 1.54) is 11.2 Å². The van der Waals surface area contributed by atoms with Crippen molar-refractivity contribution in [1.82, 2.24) is 30.8 Å². The minimum absolute atomic E-state index is 0.0544. The Morgan fingerprint density at radius 1 is 0.909 bits per heavy atom. The fraction of sp³-hybridized carbons (Fsp3) is 0.316. The minimum atomic E-state index is -1.48. The van der Waals surface area contributed by atoms with E-state index in [1.54, 1.807) is 47.1 Å². The molecule has 1 unspecified atom stereocenters. The van der Waals surface area contributed by atoms with E-state index in [9.17, 15) is 24.3 Å². The fourth-order valence-electron chi connectivity index (χ4n) is 5.73. The number of aromatic nitrogens is 2. The number of carboxylic acid groups (broad SMARTS) is 1. The smallest absolute Gasteiger partial charge is 0.408 e. The van der Waals surface area contributed by atoms with Crippen LogP contribution in [0.3, 0.4) is 0 Å². The zero-order valence-corrected chi connectivity index (χ0v) is 30.8. The zero-order chi connectivity index (χ0) is 39.3. The lowest BCUT2D eigenvalue weighted by Gasteiger charge is -2.21. The van der Waals surface area contributed by atoms with Gasteiger partial charge in [0.15, 0.2) is 23.0 Å². The van der Waals surface area contributed by atoms with E-state index in [2.05, 4.69) is 20.8 Å². The second-order valence-electron chi connectivity index (χ2n) is 13.5. The number of nitrogens with one attached hydrogen (secondary N) is 2. The van der Waals surface area contributed by atoms with Crippen molar-refractivity contribution in [2.45, 2.75) is 52.2 Å². The van der Waals surface area contributed by atoms with Crippen LogP contribution >= 0.6 is 0 Å². The number of alkyl carbamates (subject to hydrolysis) is 1. The molecule has 0 aliphatic carbocycles. The number of benzene rings is 2. The largest absolute Gasteiger partial charge is 0.497 e. The number of fused-ring (bicyclic) bond motifs is 1. The van der Waals surface area contributed by atoms with Gasteiger partial charge in [-0.25, -0.2) is 19.6 Å². The van der Waals surface area contributed by atoms with Gasteiger partial charge in [0.05, 0.1) is 44.8 Å². The maximum Gasteiger partial charge on any atom is 0.408 e. The zero-order valence-electron chi connectivity index (χ0n) is 30.8. The van der Waals surface area contributed by atoms with Crippen molar-refractivity contribution in [3.8, 4) is 34.4 Å². The van der Waals surface area contributed by atoms with Gasteiger partial charge in [-0.05, 0) is 56.2 Å². The molecule has 2 aromatic heterocycles. The highest BCUT2D eigenvalue weighted by atomic mass is 16.6. The van der Waals surface area contributed by atoms with E-state index in [-0.39, 0.29) is 44.2 Å². The number of hydrazine groups is 1. The molecule has 4 aromatic rings. The summed E-state index contributed by atoms with van der Waals surface area (Å²) in [7, 11) is 3.19. The lowest BCUT2D eigenvalue weighted by atomic mass is 10.1. The van der Waals surface area contributed by atoms with Crippen molar-refractivity contribution >= 4 is 23.9 Å². The van der Waals surface area contributed by atoms with Gasteiger partial charge in [0.25, 0.3) is 11.8 Å². The number of aliphatic carboxylic acids is 1. The van der Waals surface area contributed by atoms with Gasteiger partial charge >= 0.3 is 12.1 Å². The van der Waals surface area contributed by atoms with Crippen molar-refractivity contribution < 1.29 is 52.5 Å². The maximum absolute atomic E-state index is 13.3. The topological polar surface area (TPSA) is 204 Å². The van der Waals surface area contributed by atoms with Crippen molar-refractivity contribution in [1.29, 1.82) is 0 Å². The van der Waals surface area contributed by atoms with Crippen LogP contribution in [0.15, 0.2) is 82.7 Å². The van der Waals surface area contributed by atoms with Crippen LogP contribution in [0.1, 0.15) is 37.7 Å². The molecule has 17 nitrogen and oxygen atoms in total. The molecule has 288 valence electrons. The van der Waals surface area contributed by atoms with Crippen molar-refractivity contribution in [3.63, 3.8) is 0 Å². The van der Waals surface area contributed by atoms with Crippen molar-refractivity contribution in [2.24, 2.45) is 0 Å². The normalized spacial score (nSPS) is 15.4. The van der Waals surface area contributed by atoms with Crippen LogP contribution in [0.25, 0.3) is 11.4 Å². The van der Waals surface area contributed by atoms with E-state index in [4.69, 9.17) is 28.2 Å². The standard InChI is InChI=1S/C38H40N6O11/c1-38(2,3)54-37(49)41-30-19-43-18-27(33(36(47)48)44(43)35(30)46)34(45)40-16-26-14-29(42-55-26)28-15-31(52-20-22-6-10-24(50-4)11-7-22)32(17-39-28)53-21-23-8-12-25(51-5)13-9-23/h6-15,17,30H,16,18-21H2,1-5H3,(H,40,45)(H,41,49)(H,47,48). The van der Waals surface area contributed by atoms with E-state index >= 15 is 0 Å². The molecule has 1 fully saturated rings. The number of hydrogen-bond acceptors (Lipinski definition) is 13. The van der Waals surface area contributed by atoms with Gasteiger partial charge in [0, 0.05) is 18.7 Å². The molecule has 3 N–H and O–H groups in total. The first-order valence-electron chi connectivity index (χ1n) is 17.1. The summed E-state index contributed by atoms with van der Waals surface area (Å²) in [5.74, 6) is -0.421. The van der Waals surface area contributed by atoms with Gasteiger partial charge in [-0.2, -0.15) is 0 Å². The molecule has 0 radical (unpaired) electrons. The van der Waals surface area contributed by atoms with Crippen molar-refractivity contribution in [3.05, 3.63) is 95.0 Å². The van der Waals surface area contributed by atoms with E-state index < -0.39 is 41.2 Å². The number of rotatable bonds is 14. The van der Waals surface area contributed by atoms with E-state index in [1.807, 2.05) is 48.5 Å². The number of nitrogens with zero attached hydrogens (tertiary/aromatic N) is 4. The third kappa shape index (κ3) is 9.13. The minimum Gasteiger partial charge on any atom is -0.497 e. The number of ether oxygens (including phenoxy) is 5. The summed E-state index contributed by atoms with van der Waals surface area (Å²) in [6, 6.07) is 17.1. The molecule has 0 saturated carbocycles. The number of methoxy groups -OCH3 is 2. The van der Waals surface area contributed by atoms with E-state index in [0.717, 1.165) is 27.6 Å². The molecule has 2 aromatic carbocycles. The summed E-state index contributed by atoms with van der Waals surface area (Å²) in [5, 5.41) is 21.5. The van der Waals surface area contributed by atoms with Crippen LogP contribution < -0.4 is 29.6 Å². The Labute approximate surface area is 315 Å². The van der Waals surface area contributed by atoms with Crippen LogP contribution in [0.4, 0.5) is 4.79 Å². The summed E-state index contributed by atoms with van der Waals surface area (Å²) in [4.78, 5) is 55.4. The number of pyridine rings is 1. The fourth-order valence-corrected chi connectivity index (χ4v) is 5.73. The number of carbonyl (C=O) groups excluding carboxylic acids is 3. The third-order valence-electron chi connectivity index (χ3n) is 8.37. The Balaban J connectivity index is 1.13.